The second-order valence-corrected chi connectivity index (χ2v) is 6.93. The van der Waals surface area contributed by atoms with E-state index in [-0.39, 0.29) is 5.91 Å². The molecule has 128 valence electrons. The molecule has 0 radical (unpaired) electrons. The fourth-order valence-corrected chi connectivity index (χ4v) is 3.49. The average molecular weight is 346 g/mol. The van der Waals surface area contributed by atoms with Gasteiger partial charge in [-0.15, -0.1) is 11.3 Å². The number of amides is 1. The van der Waals surface area contributed by atoms with Crippen molar-refractivity contribution in [3.8, 4) is 0 Å². The SMILES string of the molecule is Cc1nc(N(C)C)cc(N2CCN(C(=O)c3scnc3C)CC2)n1. The van der Waals surface area contributed by atoms with E-state index in [2.05, 4.69) is 19.9 Å². The molecule has 1 fully saturated rings. The number of aromatic nitrogens is 3. The first-order chi connectivity index (χ1) is 11.5. The molecule has 0 aliphatic carbocycles. The van der Waals surface area contributed by atoms with Crippen molar-refractivity contribution in [3.05, 3.63) is 28.0 Å². The van der Waals surface area contributed by atoms with Crippen LogP contribution in [0.4, 0.5) is 11.6 Å². The van der Waals surface area contributed by atoms with Gasteiger partial charge in [-0.2, -0.15) is 0 Å². The Balaban J connectivity index is 1.69. The second-order valence-electron chi connectivity index (χ2n) is 6.07. The van der Waals surface area contributed by atoms with Crippen LogP contribution >= 0.6 is 11.3 Å². The third-order valence-electron chi connectivity index (χ3n) is 4.10. The van der Waals surface area contributed by atoms with E-state index in [0.29, 0.717) is 13.1 Å². The van der Waals surface area contributed by atoms with Gasteiger partial charge in [0, 0.05) is 46.3 Å². The molecular weight excluding hydrogens is 324 g/mol. The van der Waals surface area contributed by atoms with Crippen LogP contribution in [0.25, 0.3) is 0 Å². The Morgan fingerprint density at radius 1 is 1.17 bits per heavy atom. The second kappa shape index (κ2) is 6.72. The largest absolute Gasteiger partial charge is 0.363 e. The predicted octanol–water partition coefficient (Wildman–Crippen LogP) is 1.58. The van der Waals surface area contributed by atoms with Gasteiger partial charge in [0.2, 0.25) is 0 Å². The number of anilines is 2. The van der Waals surface area contributed by atoms with Gasteiger partial charge in [0.15, 0.2) is 0 Å². The van der Waals surface area contributed by atoms with Crippen LogP contribution < -0.4 is 9.80 Å². The fraction of sp³-hybridized carbons (Fsp3) is 0.500. The molecule has 2 aromatic heterocycles. The minimum atomic E-state index is 0.0856. The molecule has 0 aromatic carbocycles. The summed E-state index contributed by atoms with van der Waals surface area (Å²) in [6.45, 7) is 6.71. The molecule has 3 rings (SSSR count). The van der Waals surface area contributed by atoms with Crippen LogP contribution in [0.5, 0.6) is 0 Å². The fourth-order valence-electron chi connectivity index (χ4n) is 2.72. The number of aryl methyl sites for hydroxylation is 2. The topological polar surface area (TPSA) is 65.5 Å². The van der Waals surface area contributed by atoms with Crippen molar-refractivity contribution < 1.29 is 4.79 Å². The van der Waals surface area contributed by atoms with Crippen LogP contribution in [0.1, 0.15) is 21.2 Å². The molecule has 3 heterocycles. The minimum Gasteiger partial charge on any atom is -0.363 e. The highest BCUT2D eigenvalue weighted by Gasteiger charge is 2.25. The molecule has 8 heteroatoms. The Morgan fingerprint density at radius 2 is 1.88 bits per heavy atom. The molecule has 24 heavy (non-hydrogen) atoms. The summed E-state index contributed by atoms with van der Waals surface area (Å²) in [5.41, 5.74) is 2.54. The smallest absolute Gasteiger partial charge is 0.265 e. The van der Waals surface area contributed by atoms with Crippen LogP contribution in [0.15, 0.2) is 11.6 Å². The average Bonchev–Trinajstić information content (AvgIpc) is 2.99. The molecule has 0 bridgehead atoms. The molecule has 1 amide bonds. The first-order valence-corrected chi connectivity index (χ1v) is 8.81. The summed E-state index contributed by atoms with van der Waals surface area (Å²) in [6.07, 6.45) is 0. The summed E-state index contributed by atoms with van der Waals surface area (Å²) in [4.78, 5) is 32.6. The van der Waals surface area contributed by atoms with E-state index >= 15 is 0 Å². The highest BCUT2D eigenvalue weighted by molar-refractivity contribution is 7.11. The van der Waals surface area contributed by atoms with Crippen molar-refractivity contribution in [2.45, 2.75) is 13.8 Å². The Kier molecular flexibility index (Phi) is 4.66. The normalized spacial score (nSPS) is 14.8. The Labute approximate surface area is 146 Å². The van der Waals surface area contributed by atoms with Gasteiger partial charge in [0.25, 0.3) is 5.91 Å². The molecule has 0 N–H and O–H groups in total. The summed E-state index contributed by atoms with van der Waals surface area (Å²) in [7, 11) is 3.94. The van der Waals surface area contributed by atoms with E-state index in [1.54, 1.807) is 5.51 Å². The summed E-state index contributed by atoms with van der Waals surface area (Å²) < 4.78 is 0. The zero-order chi connectivity index (χ0) is 17.3. The van der Waals surface area contributed by atoms with E-state index in [9.17, 15) is 4.79 Å². The van der Waals surface area contributed by atoms with E-state index in [1.165, 1.54) is 11.3 Å². The van der Waals surface area contributed by atoms with Crippen molar-refractivity contribution >= 4 is 28.9 Å². The van der Waals surface area contributed by atoms with Gasteiger partial charge >= 0.3 is 0 Å². The van der Waals surface area contributed by atoms with Crippen LogP contribution in [0.3, 0.4) is 0 Å². The maximum Gasteiger partial charge on any atom is 0.265 e. The van der Waals surface area contributed by atoms with Gasteiger partial charge in [-0.3, -0.25) is 4.79 Å². The lowest BCUT2D eigenvalue weighted by molar-refractivity contribution is 0.0750. The van der Waals surface area contributed by atoms with Crippen molar-refractivity contribution in [1.29, 1.82) is 0 Å². The van der Waals surface area contributed by atoms with Gasteiger partial charge in [-0.05, 0) is 13.8 Å². The van der Waals surface area contributed by atoms with Gasteiger partial charge in [-0.1, -0.05) is 0 Å². The number of piperazine rings is 1. The Hall–Kier alpha value is -2.22. The maximum atomic E-state index is 12.6. The summed E-state index contributed by atoms with van der Waals surface area (Å²) in [5.74, 6) is 2.67. The van der Waals surface area contributed by atoms with Crippen molar-refractivity contribution in [2.24, 2.45) is 0 Å². The Bertz CT molecular complexity index is 736. The standard InChI is InChI=1S/C16H22N6OS/c1-11-15(24-10-17-11)16(23)22-7-5-21(6-8-22)14-9-13(20(3)4)18-12(2)19-14/h9-10H,5-8H2,1-4H3. The highest BCUT2D eigenvalue weighted by atomic mass is 32.1. The summed E-state index contributed by atoms with van der Waals surface area (Å²) >= 11 is 1.41. The third kappa shape index (κ3) is 3.33. The Morgan fingerprint density at radius 3 is 2.46 bits per heavy atom. The van der Waals surface area contributed by atoms with Crippen LogP contribution in [0.2, 0.25) is 0 Å². The van der Waals surface area contributed by atoms with Gasteiger partial charge in [0.05, 0.1) is 11.2 Å². The monoisotopic (exact) mass is 346 g/mol. The van der Waals surface area contributed by atoms with E-state index < -0.39 is 0 Å². The molecule has 1 aliphatic heterocycles. The van der Waals surface area contributed by atoms with Gasteiger partial charge in [-0.25, -0.2) is 15.0 Å². The number of nitrogens with zero attached hydrogens (tertiary/aromatic N) is 6. The van der Waals surface area contributed by atoms with Crippen molar-refractivity contribution in [1.82, 2.24) is 19.9 Å². The quantitative estimate of drug-likeness (QED) is 0.841. The maximum absolute atomic E-state index is 12.6. The van der Waals surface area contributed by atoms with E-state index in [1.807, 2.05) is 43.8 Å². The zero-order valence-corrected chi connectivity index (χ0v) is 15.3. The van der Waals surface area contributed by atoms with Crippen molar-refractivity contribution in [3.63, 3.8) is 0 Å². The number of carbonyl (C=O) groups excluding carboxylic acids is 1. The van der Waals surface area contributed by atoms with Crippen LogP contribution in [-0.2, 0) is 0 Å². The van der Waals surface area contributed by atoms with E-state index in [0.717, 1.165) is 41.1 Å². The molecule has 7 nitrogen and oxygen atoms in total. The molecular formula is C16H22N6OS. The molecule has 0 spiro atoms. The van der Waals surface area contributed by atoms with Gasteiger partial charge in [0.1, 0.15) is 22.3 Å². The lowest BCUT2D eigenvalue weighted by Gasteiger charge is -2.35. The zero-order valence-electron chi connectivity index (χ0n) is 14.5. The molecule has 1 saturated heterocycles. The lowest BCUT2D eigenvalue weighted by Crippen LogP contribution is -2.49. The number of rotatable bonds is 3. The number of carbonyl (C=O) groups is 1. The number of hydrogen-bond acceptors (Lipinski definition) is 7. The summed E-state index contributed by atoms with van der Waals surface area (Å²) in [5, 5.41) is 0. The molecule has 1 aliphatic rings. The predicted molar refractivity (Wildman–Crippen MR) is 96.1 cm³/mol. The highest BCUT2D eigenvalue weighted by Crippen LogP contribution is 2.21. The first-order valence-electron chi connectivity index (χ1n) is 7.93. The lowest BCUT2D eigenvalue weighted by atomic mass is 10.2. The molecule has 0 atom stereocenters. The van der Waals surface area contributed by atoms with Crippen molar-refractivity contribution in [2.75, 3.05) is 50.1 Å². The minimum absolute atomic E-state index is 0.0856. The molecule has 2 aromatic rings. The van der Waals surface area contributed by atoms with Crippen LogP contribution in [0, 0.1) is 13.8 Å². The van der Waals surface area contributed by atoms with E-state index in [4.69, 9.17) is 0 Å². The first kappa shape index (κ1) is 16.6. The van der Waals surface area contributed by atoms with Gasteiger partial charge < -0.3 is 14.7 Å². The third-order valence-corrected chi connectivity index (χ3v) is 5.02. The number of thiazole rings is 1. The molecule has 0 saturated carbocycles. The number of hydrogen-bond donors (Lipinski definition) is 0. The summed E-state index contributed by atoms with van der Waals surface area (Å²) in [6, 6.07) is 2.00. The van der Waals surface area contributed by atoms with Crippen LogP contribution in [-0.4, -0.2) is 66.0 Å². The molecule has 0 unspecified atom stereocenters.